The van der Waals surface area contributed by atoms with Crippen molar-refractivity contribution in [3.63, 3.8) is 0 Å². The second-order valence-electron chi connectivity index (χ2n) is 5.75. The highest BCUT2D eigenvalue weighted by molar-refractivity contribution is 5.71. The van der Waals surface area contributed by atoms with Crippen molar-refractivity contribution >= 4 is 0 Å². The van der Waals surface area contributed by atoms with Gasteiger partial charge in [-0.05, 0) is 41.8 Å². The maximum atomic E-state index is 14.4. The van der Waals surface area contributed by atoms with E-state index in [0.717, 1.165) is 17.2 Å². The number of rotatable bonds is 2. The summed E-state index contributed by atoms with van der Waals surface area (Å²) < 4.78 is 66.0. The highest BCUT2D eigenvalue weighted by atomic mass is 19.4. The van der Waals surface area contributed by atoms with Crippen molar-refractivity contribution in [1.29, 1.82) is 0 Å². The van der Waals surface area contributed by atoms with E-state index in [1.165, 1.54) is 12.1 Å². The van der Waals surface area contributed by atoms with Crippen LogP contribution in [0.25, 0.3) is 22.3 Å². The Morgan fingerprint density at radius 1 is 0.640 bits per heavy atom. The van der Waals surface area contributed by atoms with Crippen molar-refractivity contribution < 1.29 is 22.0 Å². The molecule has 0 aromatic heterocycles. The van der Waals surface area contributed by atoms with Gasteiger partial charge in [-0.3, -0.25) is 0 Å². The minimum Gasteiger partial charge on any atom is -0.206 e. The van der Waals surface area contributed by atoms with Gasteiger partial charge in [-0.2, -0.15) is 13.2 Å². The second kappa shape index (κ2) is 6.31. The van der Waals surface area contributed by atoms with E-state index in [-0.39, 0.29) is 11.1 Å². The first-order chi connectivity index (χ1) is 11.8. The van der Waals surface area contributed by atoms with Gasteiger partial charge in [0.25, 0.3) is 0 Å². The molecule has 0 saturated heterocycles. The first-order valence-electron chi connectivity index (χ1n) is 7.49. The highest BCUT2D eigenvalue weighted by Crippen LogP contribution is 2.34. The van der Waals surface area contributed by atoms with Crippen LogP contribution >= 0.6 is 0 Å². The molecule has 0 aliphatic rings. The average Bonchev–Trinajstić information content (AvgIpc) is 2.54. The second-order valence-corrected chi connectivity index (χ2v) is 5.75. The molecular weight excluding hydrogens is 335 g/mol. The van der Waals surface area contributed by atoms with Crippen LogP contribution in [0.1, 0.15) is 11.1 Å². The molecule has 0 aliphatic carbocycles. The number of alkyl halides is 3. The summed E-state index contributed by atoms with van der Waals surface area (Å²) in [5.41, 5.74) is 1.25. The summed E-state index contributed by atoms with van der Waals surface area (Å²) in [6.07, 6.45) is -4.78. The van der Waals surface area contributed by atoms with Crippen LogP contribution in [0.3, 0.4) is 0 Å². The molecule has 3 rings (SSSR count). The monoisotopic (exact) mass is 348 g/mol. The third kappa shape index (κ3) is 3.55. The minimum atomic E-state index is -4.78. The van der Waals surface area contributed by atoms with Crippen LogP contribution in [0.5, 0.6) is 0 Å². The summed E-state index contributed by atoms with van der Waals surface area (Å²) >= 11 is 0. The maximum absolute atomic E-state index is 14.4. The van der Waals surface area contributed by atoms with Gasteiger partial charge in [-0.25, -0.2) is 8.78 Å². The Bertz CT molecular complexity index is 908. The van der Waals surface area contributed by atoms with Crippen molar-refractivity contribution in [3.8, 4) is 22.3 Å². The van der Waals surface area contributed by atoms with Gasteiger partial charge in [-0.15, -0.1) is 0 Å². The topological polar surface area (TPSA) is 0 Å². The van der Waals surface area contributed by atoms with Crippen LogP contribution < -0.4 is 0 Å². The van der Waals surface area contributed by atoms with Crippen molar-refractivity contribution in [2.24, 2.45) is 0 Å². The largest absolute Gasteiger partial charge is 0.419 e. The zero-order chi connectivity index (χ0) is 18.2. The molecule has 0 N–H and O–H groups in total. The van der Waals surface area contributed by atoms with E-state index in [1.54, 1.807) is 6.07 Å². The zero-order valence-corrected chi connectivity index (χ0v) is 13.2. The van der Waals surface area contributed by atoms with E-state index >= 15 is 0 Å². The Hall–Kier alpha value is -2.69. The van der Waals surface area contributed by atoms with Crippen molar-refractivity contribution in [2.45, 2.75) is 13.1 Å². The number of hydrogen-bond donors (Lipinski definition) is 0. The molecule has 0 bridgehead atoms. The number of halogens is 5. The fourth-order valence-corrected chi connectivity index (χ4v) is 2.59. The maximum Gasteiger partial charge on any atom is 0.419 e. The van der Waals surface area contributed by atoms with Crippen LogP contribution in [0.4, 0.5) is 22.0 Å². The van der Waals surface area contributed by atoms with Gasteiger partial charge in [0, 0.05) is 5.56 Å². The van der Waals surface area contributed by atoms with Gasteiger partial charge < -0.3 is 0 Å². The predicted molar refractivity (Wildman–Crippen MR) is 87.0 cm³/mol. The molecule has 25 heavy (non-hydrogen) atoms. The lowest BCUT2D eigenvalue weighted by atomic mass is 9.98. The summed E-state index contributed by atoms with van der Waals surface area (Å²) in [4.78, 5) is 0. The number of aryl methyl sites for hydroxylation is 1. The fraction of sp³-hybridized carbons (Fsp3) is 0.100. The smallest absolute Gasteiger partial charge is 0.206 e. The van der Waals surface area contributed by atoms with Crippen molar-refractivity contribution in [2.75, 3.05) is 0 Å². The molecule has 0 radical (unpaired) electrons. The van der Waals surface area contributed by atoms with Gasteiger partial charge >= 0.3 is 6.18 Å². The molecule has 0 atom stereocenters. The normalized spacial score (nSPS) is 11.6. The molecule has 0 spiro atoms. The Kier molecular flexibility index (Phi) is 4.33. The fourth-order valence-electron chi connectivity index (χ4n) is 2.59. The summed E-state index contributed by atoms with van der Waals surface area (Å²) in [5.74, 6) is -2.05. The highest BCUT2D eigenvalue weighted by Gasteiger charge is 2.34. The van der Waals surface area contributed by atoms with Crippen molar-refractivity contribution in [3.05, 3.63) is 83.4 Å². The lowest BCUT2D eigenvalue weighted by Gasteiger charge is -2.11. The molecule has 3 aromatic carbocycles. The molecule has 0 aliphatic heterocycles. The van der Waals surface area contributed by atoms with Crippen LogP contribution in [-0.4, -0.2) is 0 Å². The van der Waals surface area contributed by atoms with E-state index in [9.17, 15) is 22.0 Å². The quantitative estimate of drug-likeness (QED) is 0.456. The molecule has 0 saturated carbocycles. The van der Waals surface area contributed by atoms with E-state index in [1.807, 2.05) is 31.2 Å². The van der Waals surface area contributed by atoms with E-state index in [4.69, 9.17) is 0 Å². The predicted octanol–water partition coefficient (Wildman–Crippen LogP) is 6.63. The van der Waals surface area contributed by atoms with Crippen LogP contribution in [0.2, 0.25) is 0 Å². The first-order valence-corrected chi connectivity index (χ1v) is 7.49. The van der Waals surface area contributed by atoms with Gasteiger partial charge in [-0.1, -0.05) is 48.0 Å². The summed E-state index contributed by atoms with van der Waals surface area (Å²) in [7, 11) is 0. The molecule has 128 valence electrons. The van der Waals surface area contributed by atoms with Gasteiger partial charge in [0.05, 0.1) is 5.56 Å². The summed E-state index contributed by atoms with van der Waals surface area (Å²) in [6, 6.07) is 14.3. The lowest BCUT2D eigenvalue weighted by Crippen LogP contribution is -2.07. The minimum absolute atomic E-state index is 0.0449. The number of benzene rings is 3. The Morgan fingerprint density at radius 3 is 1.76 bits per heavy atom. The Labute approximate surface area is 141 Å². The zero-order valence-electron chi connectivity index (χ0n) is 13.2. The van der Waals surface area contributed by atoms with Crippen LogP contribution in [0, 0.1) is 18.6 Å². The molecule has 5 heteroatoms. The summed E-state index contributed by atoms with van der Waals surface area (Å²) in [5, 5.41) is 0. The molecule has 0 unspecified atom stereocenters. The van der Waals surface area contributed by atoms with Crippen molar-refractivity contribution in [1.82, 2.24) is 0 Å². The molecule has 3 aromatic rings. The van der Waals surface area contributed by atoms with Gasteiger partial charge in [0.2, 0.25) is 0 Å². The van der Waals surface area contributed by atoms with E-state index in [0.29, 0.717) is 17.7 Å². The van der Waals surface area contributed by atoms with E-state index in [2.05, 4.69) is 0 Å². The summed E-state index contributed by atoms with van der Waals surface area (Å²) in [6.45, 7) is 1.94. The lowest BCUT2D eigenvalue weighted by molar-refractivity contribution is -0.139. The van der Waals surface area contributed by atoms with E-state index < -0.39 is 23.4 Å². The molecule has 0 amide bonds. The van der Waals surface area contributed by atoms with Crippen LogP contribution in [-0.2, 0) is 6.18 Å². The SMILES string of the molecule is Cc1ccc(-c2ccc(-c3ccc(C(F)(F)F)c(F)c3)c(F)c2)cc1. The molecular formula is C20H13F5. The molecule has 0 fully saturated rings. The third-order valence-corrected chi connectivity index (χ3v) is 3.94. The third-order valence-electron chi connectivity index (χ3n) is 3.94. The van der Waals surface area contributed by atoms with Gasteiger partial charge in [0.15, 0.2) is 0 Å². The number of hydrogen-bond acceptors (Lipinski definition) is 0. The van der Waals surface area contributed by atoms with Gasteiger partial charge in [0.1, 0.15) is 11.6 Å². The standard InChI is InChI=1S/C20H13F5/c1-12-2-4-13(5-3-12)14-6-8-16(18(21)10-14)15-7-9-17(19(22)11-15)20(23,24)25/h2-11H,1H3. The first kappa shape index (κ1) is 17.1. The average molecular weight is 348 g/mol. The Morgan fingerprint density at radius 2 is 1.20 bits per heavy atom. The van der Waals surface area contributed by atoms with Crippen LogP contribution in [0.15, 0.2) is 60.7 Å². The molecule has 0 nitrogen and oxygen atoms in total. The Balaban J connectivity index is 1.99. The molecule has 0 heterocycles.